The molecule has 0 N–H and O–H groups in total. The molecule has 0 radical (unpaired) electrons. The molecule has 1 unspecified atom stereocenters. The van der Waals surface area contributed by atoms with Crippen molar-refractivity contribution in [1.29, 1.82) is 0 Å². The first kappa shape index (κ1) is 19.4. The Hall–Kier alpha value is -2.96. The van der Waals surface area contributed by atoms with Crippen LogP contribution >= 0.6 is 11.6 Å². The van der Waals surface area contributed by atoms with Crippen molar-refractivity contribution < 1.29 is 9.53 Å². The third-order valence-electron chi connectivity index (χ3n) is 4.88. The maximum Gasteiger partial charge on any atom is 0.267 e. The molecule has 1 aromatic heterocycles. The number of hydrogen-bond donors (Lipinski definition) is 0. The van der Waals surface area contributed by atoms with Crippen LogP contribution in [0.4, 0.5) is 0 Å². The first-order valence-corrected chi connectivity index (χ1v) is 9.76. The molecule has 1 saturated heterocycles. The third-order valence-corrected chi connectivity index (χ3v) is 5.13. The fourth-order valence-electron chi connectivity index (χ4n) is 3.31. The fraction of sp³-hybridized carbons (Fsp3) is 0.227. The number of nitrogens with zero attached hydrogens (tertiary/aromatic N) is 3. The summed E-state index contributed by atoms with van der Waals surface area (Å²) in [7, 11) is 0. The summed E-state index contributed by atoms with van der Waals surface area (Å²) in [4.78, 5) is 26.8. The molecule has 1 atom stereocenters. The second kappa shape index (κ2) is 8.59. The fourth-order valence-corrected chi connectivity index (χ4v) is 3.44. The molecule has 0 bridgehead atoms. The Bertz CT molecular complexity index is 1050. The average molecular weight is 410 g/mol. The normalized spacial score (nSPS) is 16.6. The van der Waals surface area contributed by atoms with E-state index in [9.17, 15) is 9.59 Å². The van der Waals surface area contributed by atoms with Gasteiger partial charge in [0, 0.05) is 23.2 Å². The van der Waals surface area contributed by atoms with Crippen LogP contribution in [-0.2, 0) is 16.1 Å². The summed E-state index contributed by atoms with van der Waals surface area (Å²) in [6.07, 6.45) is -0.168. The van der Waals surface area contributed by atoms with E-state index in [4.69, 9.17) is 16.3 Å². The maximum atomic E-state index is 12.8. The number of rotatable bonds is 4. The number of morpholine rings is 1. The van der Waals surface area contributed by atoms with Gasteiger partial charge < -0.3 is 9.64 Å². The van der Waals surface area contributed by atoms with Gasteiger partial charge in [-0.2, -0.15) is 5.10 Å². The number of aromatic nitrogens is 2. The lowest BCUT2D eigenvalue weighted by Gasteiger charge is -2.33. The lowest BCUT2D eigenvalue weighted by atomic mass is 10.1. The van der Waals surface area contributed by atoms with Gasteiger partial charge in [-0.25, -0.2) is 4.68 Å². The number of carbonyl (C=O) groups is 1. The smallest absolute Gasteiger partial charge is 0.267 e. The van der Waals surface area contributed by atoms with E-state index in [1.54, 1.807) is 23.1 Å². The van der Waals surface area contributed by atoms with Crippen molar-refractivity contribution in [2.45, 2.75) is 12.6 Å². The van der Waals surface area contributed by atoms with Crippen LogP contribution < -0.4 is 5.56 Å². The number of ether oxygens (including phenoxy) is 1. The summed E-state index contributed by atoms with van der Waals surface area (Å²) >= 11 is 5.93. The first-order valence-electron chi connectivity index (χ1n) is 9.38. The molecule has 7 heteroatoms. The van der Waals surface area contributed by atoms with Crippen LogP contribution in [0.3, 0.4) is 0 Å². The second-order valence-corrected chi connectivity index (χ2v) is 7.27. The minimum Gasteiger partial charge on any atom is -0.370 e. The number of benzene rings is 2. The molecule has 1 aliphatic rings. The van der Waals surface area contributed by atoms with Crippen LogP contribution in [0, 0.1) is 0 Å². The van der Waals surface area contributed by atoms with Crippen molar-refractivity contribution >= 4 is 17.5 Å². The Morgan fingerprint density at radius 1 is 1.07 bits per heavy atom. The first-order chi connectivity index (χ1) is 14.1. The van der Waals surface area contributed by atoms with E-state index in [-0.39, 0.29) is 24.1 Å². The summed E-state index contributed by atoms with van der Waals surface area (Å²) in [6, 6.07) is 20.1. The number of amides is 1. The van der Waals surface area contributed by atoms with Gasteiger partial charge in [-0.15, -0.1) is 0 Å². The van der Waals surface area contributed by atoms with E-state index >= 15 is 0 Å². The van der Waals surface area contributed by atoms with Gasteiger partial charge in [-0.1, -0.05) is 54.1 Å². The molecule has 148 valence electrons. The second-order valence-electron chi connectivity index (χ2n) is 6.83. The lowest BCUT2D eigenvalue weighted by molar-refractivity contribution is -0.139. The highest BCUT2D eigenvalue weighted by Gasteiger charge is 2.25. The largest absolute Gasteiger partial charge is 0.370 e. The molecular formula is C22H20ClN3O3. The van der Waals surface area contributed by atoms with Crippen LogP contribution in [0.25, 0.3) is 11.3 Å². The van der Waals surface area contributed by atoms with Crippen molar-refractivity contribution in [3.05, 3.63) is 87.7 Å². The van der Waals surface area contributed by atoms with Crippen LogP contribution in [-0.4, -0.2) is 40.3 Å². The number of halogens is 1. The summed E-state index contributed by atoms with van der Waals surface area (Å²) in [6.45, 7) is 1.29. The maximum absolute atomic E-state index is 12.8. The van der Waals surface area contributed by atoms with Gasteiger partial charge in [-0.05, 0) is 23.8 Å². The van der Waals surface area contributed by atoms with E-state index in [0.717, 1.165) is 11.1 Å². The molecular weight excluding hydrogens is 390 g/mol. The van der Waals surface area contributed by atoms with Gasteiger partial charge in [0.25, 0.3) is 5.56 Å². The van der Waals surface area contributed by atoms with E-state index in [1.807, 2.05) is 42.5 Å². The molecule has 2 aromatic carbocycles. The number of carbonyl (C=O) groups excluding carboxylic acids is 1. The molecule has 3 aromatic rings. The molecule has 4 rings (SSSR count). The highest BCUT2D eigenvalue weighted by Crippen LogP contribution is 2.22. The number of hydrogen-bond acceptors (Lipinski definition) is 4. The van der Waals surface area contributed by atoms with Gasteiger partial charge >= 0.3 is 0 Å². The summed E-state index contributed by atoms with van der Waals surface area (Å²) in [5, 5.41) is 4.99. The quantitative estimate of drug-likeness (QED) is 0.664. The van der Waals surface area contributed by atoms with Gasteiger partial charge in [0.05, 0.1) is 18.8 Å². The highest BCUT2D eigenvalue weighted by atomic mass is 35.5. The molecule has 1 aliphatic heterocycles. The Morgan fingerprint density at radius 3 is 2.59 bits per heavy atom. The molecule has 0 spiro atoms. The van der Waals surface area contributed by atoms with E-state index in [0.29, 0.717) is 30.4 Å². The van der Waals surface area contributed by atoms with Crippen molar-refractivity contribution in [2.24, 2.45) is 0 Å². The van der Waals surface area contributed by atoms with Crippen molar-refractivity contribution in [2.75, 3.05) is 19.7 Å². The van der Waals surface area contributed by atoms with Crippen LogP contribution in [0.15, 0.2) is 71.5 Å². The average Bonchev–Trinajstić information content (AvgIpc) is 2.76. The van der Waals surface area contributed by atoms with E-state index in [1.165, 1.54) is 10.7 Å². The zero-order valence-corrected chi connectivity index (χ0v) is 16.5. The van der Waals surface area contributed by atoms with Gasteiger partial charge in [-0.3, -0.25) is 9.59 Å². The standard InChI is InChI=1S/C22H20ClN3O3/c23-18-8-6-16(7-9-18)19-10-11-21(27)26(24-19)15-22(28)25-12-13-29-20(14-25)17-4-2-1-3-5-17/h1-11,20H,12-15H2. The zero-order valence-electron chi connectivity index (χ0n) is 15.7. The Balaban J connectivity index is 1.50. The zero-order chi connectivity index (χ0) is 20.2. The monoisotopic (exact) mass is 409 g/mol. The molecule has 6 nitrogen and oxygen atoms in total. The van der Waals surface area contributed by atoms with Crippen molar-refractivity contribution in [1.82, 2.24) is 14.7 Å². The van der Waals surface area contributed by atoms with Crippen LogP contribution in [0.1, 0.15) is 11.7 Å². The molecule has 1 amide bonds. The molecule has 0 saturated carbocycles. The van der Waals surface area contributed by atoms with Crippen molar-refractivity contribution in [3.63, 3.8) is 0 Å². The summed E-state index contributed by atoms with van der Waals surface area (Å²) in [5.41, 5.74) is 2.15. The predicted molar refractivity (Wildman–Crippen MR) is 111 cm³/mol. The van der Waals surface area contributed by atoms with E-state index < -0.39 is 0 Å². The molecule has 0 aliphatic carbocycles. The topological polar surface area (TPSA) is 64.4 Å². The Kier molecular flexibility index (Phi) is 5.74. The van der Waals surface area contributed by atoms with Gasteiger partial charge in [0.15, 0.2) is 0 Å². The Labute approximate surface area is 173 Å². The van der Waals surface area contributed by atoms with Crippen LogP contribution in [0.2, 0.25) is 5.02 Å². The highest BCUT2D eigenvalue weighted by molar-refractivity contribution is 6.30. The lowest BCUT2D eigenvalue weighted by Crippen LogP contribution is -2.44. The third kappa shape index (κ3) is 4.55. The molecule has 2 heterocycles. The minimum atomic E-state index is -0.316. The van der Waals surface area contributed by atoms with E-state index in [2.05, 4.69) is 5.10 Å². The van der Waals surface area contributed by atoms with Crippen molar-refractivity contribution in [3.8, 4) is 11.3 Å². The van der Waals surface area contributed by atoms with Crippen LogP contribution in [0.5, 0.6) is 0 Å². The SMILES string of the molecule is O=C(Cn1nc(-c2ccc(Cl)cc2)ccc1=O)N1CCOC(c2ccccc2)C1. The predicted octanol–water partition coefficient (Wildman–Crippen LogP) is 3.16. The summed E-state index contributed by atoms with van der Waals surface area (Å²) in [5.74, 6) is -0.155. The Morgan fingerprint density at radius 2 is 1.83 bits per heavy atom. The summed E-state index contributed by atoms with van der Waals surface area (Å²) < 4.78 is 7.02. The minimum absolute atomic E-state index is 0.109. The molecule has 1 fully saturated rings. The molecule has 29 heavy (non-hydrogen) atoms. The van der Waals surface area contributed by atoms with Gasteiger partial charge in [0.2, 0.25) is 5.91 Å². The van der Waals surface area contributed by atoms with Gasteiger partial charge in [0.1, 0.15) is 12.6 Å².